The van der Waals surface area contributed by atoms with Crippen LogP contribution < -0.4 is 4.74 Å². The van der Waals surface area contributed by atoms with Gasteiger partial charge in [-0.2, -0.15) is 0 Å². The minimum absolute atomic E-state index is 0.0170. The van der Waals surface area contributed by atoms with Gasteiger partial charge in [0.25, 0.3) is 0 Å². The summed E-state index contributed by atoms with van der Waals surface area (Å²) in [5, 5.41) is 0.0170. The van der Waals surface area contributed by atoms with Crippen molar-refractivity contribution in [3.05, 3.63) is 39.8 Å². The van der Waals surface area contributed by atoms with E-state index in [-0.39, 0.29) is 23.3 Å². The highest BCUT2D eigenvalue weighted by atomic mass is 127. The Morgan fingerprint density at radius 2 is 1.74 bits per heavy atom. The van der Waals surface area contributed by atoms with Crippen molar-refractivity contribution in [3.63, 3.8) is 0 Å². The van der Waals surface area contributed by atoms with Crippen LogP contribution in [0.15, 0.2) is 35.7 Å². The highest BCUT2D eigenvalue weighted by Crippen LogP contribution is 2.39. The first-order valence-corrected chi connectivity index (χ1v) is 20.6. The third kappa shape index (κ3) is 10.3. The number of hydrogen-bond acceptors (Lipinski definition) is 6. The first kappa shape index (κ1) is 32.8. The van der Waals surface area contributed by atoms with Crippen LogP contribution in [-0.2, 0) is 13.6 Å². The molecule has 1 fully saturated rings. The molecule has 0 radical (unpaired) electrons. The van der Waals surface area contributed by atoms with Crippen LogP contribution >= 0.6 is 22.6 Å². The predicted octanol–water partition coefficient (Wildman–Crippen LogP) is 7.81. The van der Waals surface area contributed by atoms with E-state index in [0.29, 0.717) is 25.4 Å². The maximum atomic E-state index is 12.9. The second-order valence-corrected chi connectivity index (χ2v) is 23.8. The predicted molar refractivity (Wildman–Crippen MR) is 169 cm³/mol. The van der Waals surface area contributed by atoms with E-state index in [4.69, 9.17) is 18.3 Å². The summed E-state index contributed by atoms with van der Waals surface area (Å²) in [6.07, 6.45) is 1.55. The summed E-state index contributed by atoms with van der Waals surface area (Å²) < 4.78 is 26.1. The van der Waals surface area contributed by atoms with Crippen LogP contribution in [0, 0.1) is 3.57 Å². The van der Waals surface area contributed by atoms with Gasteiger partial charge in [0.05, 0.1) is 12.6 Å². The topological polar surface area (TPSA) is 69.6 Å². The molecule has 0 aromatic heterocycles. The number of carbonyl (C=O) groups is 1. The van der Waals surface area contributed by atoms with Gasteiger partial charge in [0.2, 0.25) is 8.32 Å². The molecule has 1 aliphatic heterocycles. The van der Waals surface area contributed by atoms with E-state index in [2.05, 4.69) is 87.7 Å². The van der Waals surface area contributed by atoms with E-state index in [1.165, 1.54) is 0 Å². The lowest BCUT2D eigenvalue weighted by atomic mass is 10.0. The molecule has 1 heterocycles. The maximum Gasteiger partial charge on any atom is 0.410 e. The van der Waals surface area contributed by atoms with E-state index >= 15 is 0 Å². The number of ether oxygens (including phenoxy) is 2. The third-order valence-corrected chi connectivity index (χ3v) is 12.4. The number of halogens is 1. The van der Waals surface area contributed by atoms with E-state index in [0.717, 1.165) is 14.9 Å². The molecule has 2 unspecified atom stereocenters. The molecule has 0 N–H and O–H groups in total. The maximum absolute atomic E-state index is 12.9. The molecular weight excluding hydrogens is 627 g/mol. The summed E-state index contributed by atoms with van der Waals surface area (Å²) in [6, 6.07) is 6.01. The lowest BCUT2D eigenvalue weighted by Crippen LogP contribution is -2.57. The van der Waals surface area contributed by atoms with Crippen LogP contribution in [0.5, 0.6) is 5.75 Å². The monoisotopic (exact) mass is 674 g/mol. The Morgan fingerprint density at radius 1 is 1.11 bits per heavy atom. The van der Waals surface area contributed by atoms with Crippen LogP contribution in [0.3, 0.4) is 0 Å². The minimum atomic E-state index is -2.15. The van der Waals surface area contributed by atoms with Gasteiger partial charge in [0.1, 0.15) is 17.5 Å². The summed E-state index contributed by atoms with van der Waals surface area (Å²) in [5.41, 5.74) is 0.289. The van der Waals surface area contributed by atoms with Crippen molar-refractivity contribution in [1.82, 2.24) is 4.90 Å². The van der Waals surface area contributed by atoms with E-state index in [9.17, 15) is 4.79 Å². The van der Waals surface area contributed by atoms with Crippen molar-refractivity contribution in [1.29, 1.82) is 0 Å². The molecule has 0 bridgehead atoms. The highest BCUT2D eigenvalue weighted by Gasteiger charge is 2.44. The van der Waals surface area contributed by atoms with Crippen LogP contribution in [-0.4, -0.2) is 64.7 Å². The van der Waals surface area contributed by atoms with Crippen molar-refractivity contribution >= 4 is 51.5 Å². The molecule has 2 atom stereocenters. The fraction of sp³-hybridized carbons (Fsp3) is 0.643. The van der Waals surface area contributed by atoms with Crippen molar-refractivity contribution < 1.29 is 23.1 Å². The molecule has 1 aromatic carbocycles. The number of rotatable bonds is 8. The first-order valence-electron chi connectivity index (χ1n) is 13.2. The van der Waals surface area contributed by atoms with Crippen LogP contribution in [0.4, 0.5) is 4.79 Å². The molecule has 1 amide bonds. The number of nitrogens with zero attached hydrogens (tertiary/aromatic N) is 2. The Bertz CT molecular complexity index is 1030. The number of benzene rings is 1. The number of aliphatic imine (C=N–C) groups is 1. The quantitative estimate of drug-likeness (QED) is 0.122. The Balaban J connectivity index is 2.33. The second kappa shape index (κ2) is 12.4. The smallest absolute Gasteiger partial charge is 0.410 e. The molecule has 0 saturated carbocycles. The van der Waals surface area contributed by atoms with Crippen LogP contribution in [0.2, 0.25) is 37.8 Å². The Hall–Kier alpha value is -1.38. The molecule has 7 nitrogen and oxygen atoms in total. The summed E-state index contributed by atoms with van der Waals surface area (Å²) in [6.45, 7) is 27.9. The van der Waals surface area contributed by atoms with Gasteiger partial charge in [-0.15, -0.1) is 0 Å². The van der Waals surface area contributed by atoms with Gasteiger partial charge in [-0.3, -0.25) is 0 Å². The van der Waals surface area contributed by atoms with Crippen molar-refractivity contribution in [2.24, 2.45) is 4.99 Å². The largest absolute Gasteiger partial charge is 0.532 e. The lowest BCUT2D eigenvalue weighted by molar-refractivity contribution is -0.0323. The zero-order chi connectivity index (χ0) is 29.1. The molecule has 0 spiro atoms. The molecule has 214 valence electrons. The molecule has 38 heavy (non-hydrogen) atoms. The molecule has 1 saturated heterocycles. The van der Waals surface area contributed by atoms with Gasteiger partial charge >= 0.3 is 6.09 Å². The van der Waals surface area contributed by atoms with Gasteiger partial charge in [0, 0.05) is 28.3 Å². The summed E-state index contributed by atoms with van der Waals surface area (Å²) >= 11 is 2.28. The summed E-state index contributed by atoms with van der Waals surface area (Å²) in [7, 11) is -3.95. The number of carbonyl (C=O) groups excluding carboxylic acids is 1. The van der Waals surface area contributed by atoms with Gasteiger partial charge in [-0.1, -0.05) is 20.8 Å². The zero-order valence-electron chi connectivity index (χ0n) is 25.1. The fourth-order valence-corrected chi connectivity index (χ4v) is 6.21. The van der Waals surface area contributed by atoms with Crippen molar-refractivity contribution in [3.8, 4) is 5.75 Å². The average molecular weight is 675 g/mol. The number of hydrogen-bond donors (Lipinski definition) is 0. The van der Waals surface area contributed by atoms with Crippen molar-refractivity contribution in [2.45, 2.75) is 104 Å². The van der Waals surface area contributed by atoms with Crippen LogP contribution in [0.1, 0.15) is 53.5 Å². The second-order valence-electron chi connectivity index (χ2n) is 13.3. The Kier molecular flexibility index (Phi) is 10.7. The Labute approximate surface area is 245 Å². The third-order valence-electron chi connectivity index (χ3n) is 6.42. The normalized spacial score (nSPS) is 19.4. The standard InChI is InChI=1S/C28H47IN2O5Si2/c1-20(35-37(8,9)10)30-18-21-17-22(29)13-14-23(21)33-24-15-16-31(26(32)34-27(2,3)4)19-25(24)36-38(11,12)28(5,6)7/h13-14,17-18,24-25H,1,15-16,19H2,2-12H3. The molecule has 10 heteroatoms. The van der Waals surface area contributed by atoms with Gasteiger partial charge < -0.3 is 23.2 Å². The molecule has 2 rings (SSSR count). The van der Waals surface area contributed by atoms with E-state index in [1.54, 1.807) is 11.1 Å². The summed E-state index contributed by atoms with van der Waals surface area (Å²) in [5.74, 6) is 1.12. The average Bonchev–Trinajstić information content (AvgIpc) is 2.71. The van der Waals surface area contributed by atoms with E-state index < -0.39 is 22.2 Å². The van der Waals surface area contributed by atoms with Gasteiger partial charge in [-0.05, 0) is 106 Å². The number of likely N-dealkylation sites (tertiary alicyclic amines) is 1. The van der Waals surface area contributed by atoms with Gasteiger partial charge in [0.15, 0.2) is 14.2 Å². The molecule has 1 aliphatic rings. The molecular formula is C28H47IN2O5Si2. The van der Waals surface area contributed by atoms with E-state index in [1.807, 2.05) is 39.0 Å². The number of amides is 1. The SMILES string of the molecule is C=C(N=Cc1cc(I)ccc1OC1CCN(C(=O)OC(C)(C)C)CC1O[Si](C)(C)C(C)(C)C)O[Si](C)(C)C. The van der Waals surface area contributed by atoms with Crippen molar-refractivity contribution in [2.75, 3.05) is 13.1 Å². The minimum Gasteiger partial charge on any atom is -0.532 e. The first-order chi connectivity index (χ1) is 17.2. The summed E-state index contributed by atoms with van der Waals surface area (Å²) in [4.78, 5) is 19.1. The zero-order valence-corrected chi connectivity index (χ0v) is 29.3. The van der Waals surface area contributed by atoms with Crippen LogP contribution in [0.25, 0.3) is 0 Å². The Morgan fingerprint density at radius 3 is 2.29 bits per heavy atom. The molecule has 0 aliphatic carbocycles. The lowest BCUT2D eigenvalue weighted by Gasteiger charge is -2.45. The van der Waals surface area contributed by atoms with Gasteiger partial charge in [-0.25, -0.2) is 9.79 Å². The highest BCUT2D eigenvalue weighted by molar-refractivity contribution is 14.1. The molecule has 1 aromatic rings. The number of piperidine rings is 1. The fourth-order valence-electron chi connectivity index (χ4n) is 3.60.